The lowest BCUT2D eigenvalue weighted by Gasteiger charge is -2.41. The van der Waals surface area contributed by atoms with Gasteiger partial charge in [-0.05, 0) is 34.7 Å². The minimum absolute atomic E-state index is 0.115. The van der Waals surface area contributed by atoms with Crippen LogP contribution >= 0.6 is 34.2 Å². The van der Waals surface area contributed by atoms with Gasteiger partial charge in [-0.15, -0.1) is 0 Å². The van der Waals surface area contributed by atoms with Crippen molar-refractivity contribution in [3.63, 3.8) is 0 Å². The second-order valence-corrected chi connectivity index (χ2v) is 17.4. The molecule has 0 N–H and O–H groups in total. The van der Waals surface area contributed by atoms with Crippen molar-refractivity contribution in [1.82, 2.24) is 14.5 Å². The Morgan fingerprint density at radius 1 is 1.11 bits per heavy atom. The van der Waals surface area contributed by atoms with Crippen LogP contribution in [0.5, 0.6) is 6.01 Å². The Kier molecular flexibility index (Phi) is 8.21. The van der Waals surface area contributed by atoms with Gasteiger partial charge in [-0.25, -0.2) is 4.98 Å². The summed E-state index contributed by atoms with van der Waals surface area (Å²) in [6, 6.07) is 13.3. The summed E-state index contributed by atoms with van der Waals surface area (Å²) in [7, 11) is -1.20. The van der Waals surface area contributed by atoms with Gasteiger partial charge in [-0.2, -0.15) is 4.98 Å². The molecule has 4 heterocycles. The monoisotopic (exact) mass is 643 g/mol. The zero-order valence-electron chi connectivity index (χ0n) is 20.7. The summed E-state index contributed by atoms with van der Waals surface area (Å²) in [6.45, 7) is 8.91. The number of fused-ring (bicyclic) bond motifs is 2. The number of aromatic nitrogens is 3. The minimum Gasteiger partial charge on any atom is -0.459 e. The molecule has 0 bridgehead atoms. The van der Waals surface area contributed by atoms with E-state index in [1.807, 2.05) is 41.0 Å². The first-order chi connectivity index (χ1) is 17.3. The van der Waals surface area contributed by atoms with Gasteiger partial charge in [0.1, 0.15) is 22.6 Å². The number of halogens is 2. The molecule has 36 heavy (non-hydrogen) atoms. The first kappa shape index (κ1) is 26.3. The van der Waals surface area contributed by atoms with Crippen LogP contribution in [0.2, 0.25) is 30.7 Å². The average molecular weight is 644 g/mol. The third kappa shape index (κ3) is 6.22. The molecule has 8 nitrogen and oxygen atoms in total. The predicted molar refractivity (Wildman–Crippen MR) is 148 cm³/mol. The molecule has 2 saturated heterocycles. The van der Waals surface area contributed by atoms with E-state index in [0.717, 1.165) is 17.1 Å². The van der Waals surface area contributed by atoms with E-state index in [9.17, 15) is 0 Å². The zero-order chi connectivity index (χ0) is 25.3. The van der Waals surface area contributed by atoms with Crippen LogP contribution in [-0.2, 0) is 25.7 Å². The fourth-order valence-corrected chi connectivity index (χ4v) is 5.53. The van der Waals surface area contributed by atoms with Crippen molar-refractivity contribution in [2.45, 2.75) is 63.4 Å². The van der Waals surface area contributed by atoms with E-state index in [4.69, 9.17) is 35.3 Å². The Hall–Kier alpha value is -1.28. The molecular formula is C25H31ClIN3O5Si. The van der Waals surface area contributed by atoms with Crippen molar-refractivity contribution in [3.05, 3.63) is 50.7 Å². The SMILES string of the molecule is C[Si](C)(C)CCOCn1c(O[C@H]2CO[C@@H]3COC(c4ccccc4)O[C@H]3C2)nc2nc(I)c(Cl)cc21. The van der Waals surface area contributed by atoms with Crippen LogP contribution in [0.1, 0.15) is 18.3 Å². The molecular weight excluding hydrogens is 613 g/mol. The van der Waals surface area contributed by atoms with Crippen molar-refractivity contribution in [2.24, 2.45) is 0 Å². The molecule has 0 spiro atoms. The number of benzene rings is 1. The van der Waals surface area contributed by atoms with Gasteiger partial charge in [-0.1, -0.05) is 61.6 Å². The lowest BCUT2D eigenvalue weighted by molar-refractivity contribution is -0.286. The molecule has 0 amide bonds. The van der Waals surface area contributed by atoms with Crippen molar-refractivity contribution in [3.8, 4) is 6.01 Å². The quantitative estimate of drug-likeness (QED) is 0.136. The molecule has 194 valence electrons. The molecule has 0 radical (unpaired) electrons. The van der Waals surface area contributed by atoms with Crippen LogP contribution < -0.4 is 4.74 Å². The maximum absolute atomic E-state index is 6.39. The van der Waals surface area contributed by atoms with E-state index in [0.29, 0.717) is 53.4 Å². The number of hydrogen-bond acceptors (Lipinski definition) is 7. The lowest BCUT2D eigenvalue weighted by Crippen LogP contribution is -2.50. The van der Waals surface area contributed by atoms with Gasteiger partial charge in [0.15, 0.2) is 11.9 Å². The third-order valence-electron chi connectivity index (χ3n) is 6.29. The largest absolute Gasteiger partial charge is 0.459 e. The van der Waals surface area contributed by atoms with Crippen LogP contribution in [0.4, 0.5) is 0 Å². The fourth-order valence-electron chi connectivity index (χ4n) is 4.24. The van der Waals surface area contributed by atoms with E-state index in [1.54, 1.807) is 0 Å². The number of ether oxygens (including phenoxy) is 5. The molecule has 1 unspecified atom stereocenters. The Balaban J connectivity index is 1.31. The molecule has 11 heteroatoms. The van der Waals surface area contributed by atoms with Crippen LogP contribution in [-0.4, -0.2) is 60.7 Å². The van der Waals surface area contributed by atoms with E-state index in [-0.39, 0.29) is 18.3 Å². The maximum atomic E-state index is 6.39. The summed E-state index contributed by atoms with van der Waals surface area (Å²) >= 11 is 8.50. The highest BCUT2D eigenvalue weighted by atomic mass is 127. The van der Waals surface area contributed by atoms with Crippen LogP contribution in [0.25, 0.3) is 11.2 Å². The molecule has 2 fully saturated rings. The fraction of sp³-hybridized carbons (Fsp3) is 0.520. The van der Waals surface area contributed by atoms with Crippen LogP contribution in [0.3, 0.4) is 0 Å². The Bertz CT molecular complexity index is 1190. The summed E-state index contributed by atoms with van der Waals surface area (Å²) in [4.78, 5) is 9.22. The normalized spacial score (nSPS) is 24.6. The van der Waals surface area contributed by atoms with Gasteiger partial charge in [0.25, 0.3) is 0 Å². The number of hydrogen-bond donors (Lipinski definition) is 0. The number of imidazole rings is 1. The highest BCUT2D eigenvalue weighted by Gasteiger charge is 2.40. The predicted octanol–water partition coefficient (Wildman–Crippen LogP) is 5.65. The van der Waals surface area contributed by atoms with E-state index < -0.39 is 14.4 Å². The van der Waals surface area contributed by atoms with Gasteiger partial charge in [0.05, 0.1) is 29.9 Å². The van der Waals surface area contributed by atoms with Gasteiger partial charge >= 0.3 is 6.01 Å². The first-order valence-electron chi connectivity index (χ1n) is 12.2. The minimum atomic E-state index is -1.20. The molecule has 4 atom stereocenters. The summed E-state index contributed by atoms with van der Waals surface area (Å²) in [5, 5.41) is 0.573. The highest BCUT2D eigenvalue weighted by molar-refractivity contribution is 14.1. The van der Waals surface area contributed by atoms with Gasteiger partial charge in [0.2, 0.25) is 0 Å². The summed E-state index contributed by atoms with van der Waals surface area (Å²) < 4.78 is 33.3. The summed E-state index contributed by atoms with van der Waals surface area (Å²) in [5.74, 6) is 0. The van der Waals surface area contributed by atoms with E-state index >= 15 is 0 Å². The first-order valence-corrected chi connectivity index (χ1v) is 17.3. The molecule has 2 aromatic heterocycles. The van der Waals surface area contributed by atoms with Gasteiger partial charge < -0.3 is 23.7 Å². The Morgan fingerprint density at radius 2 is 1.92 bits per heavy atom. The average Bonchev–Trinajstić information content (AvgIpc) is 3.17. The van der Waals surface area contributed by atoms with Crippen molar-refractivity contribution in [1.29, 1.82) is 0 Å². The van der Waals surface area contributed by atoms with Crippen molar-refractivity contribution in [2.75, 3.05) is 19.8 Å². The second kappa shape index (κ2) is 11.2. The van der Waals surface area contributed by atoms with E-state index in [2.05, 4.69) is 52.2 Å². The topological polar surface area (TPSA) is 76.9 Å². The maximum Gasteiger partial charge on any atom is 0.301 e. The molecule has 0 aliphatic carbocycles. The zero-order valence-corrected chi connectivity index (χ0v) is 24.6. The highest BCUT2D eigenvalue weighted by Crippen LogP contribution is 2.34. The molecule has 5 rings (SSSR count). The number of rotatable bonds is 8. The Morgan fingerprint density at radius 3 is 2.69 bits per heavy atom. The molecule has 1 aromatic carbocycles. The summed E-state index contributed by atoms with van der Waals surface area (Å²) in [5.41, 5.74) is 2.35. The molecule has 2 aliphatic rings. The second-order valence-electron chi connectivity index (χ2n) is 10.4. The standard InChI is InChI=1S/C25H31ClIN3O5Si/c1-36(2,3)10-9-31-15-30-19-12-18(26)22(27)28-23(19)29-25(30)34-17-11-20-21(32-13-17)14-33-24(35-20)16-7-5-4-6-8-16/h4-8,12,17,20-21,24H,9-11,13-15H2,1-3H3/t17-,20+,21-,24?/m1/s1. The number of pyridine rings is 1. The Labute approximate surface area is 230 Å². The van der Waals surface area contributed by atoms with Crippen LogP contribution in [0.15, 0.2) is 36.4 Å². The van der Waals surface area contributed by atoms with Gasteiger partial charge in [0, 0.05) is 26.7 Å². The molecule has 2 aliphatic heterocycles. The molecule has 3 aromatic rings. The van der Waals surface area contributed by atoms with Gasteiger partial charge in [-0.3, -0.25) is 4.57 Å². The van der Waals surface area contributed by atoms with Crippen LogP contribution in [0, 0.1) is 3.70 Å². The third-order valence-corrected chi connectivity index (χ3v) is 9.43. The van der Waals surface area contributed by atoms with Crippen molar-refractivity contribution >= 4 is 53.4 Å². The molecule has 0 saturated carbocycles. The summed E-state index contributed by atoms with van der Waals surface area (Å²) in [6.07, 6.45) is -0.221. The lowest BCUT2D eigenvalue weighted by atomic mass is 10.0. The number of nitrogens with zero attached hydrogens (tertiary/aromatic N) is 3. The van der Waals surface area contributed by atoms with Crippen molar-refractivity contribution < 1.29 is 23.7 Å². The smallest absolute Gasteiger partial charge is 0.301 e. The van der Waals surface area contributed by atoms with E-state index in [1.165, 1.54) is 0 Å².